The maximum absolute atomic E-state index is 11.6. The third kappa shape index (κ3) is 5.75. The number of carbonyl (C=O) groups is 2. The molecular formula is C13H24N2O5. The molecule has 0 radical (unpaired) electrons. The van der Waals surface area contributed by atoms with Gasteiger partial charge in [-0.1, -0.05) is 6.92 Å². The predicted octanol–water partition coefficient (Wildman–Crippen LogP) is 0.590. The lowest BCUT2D eigenvalue weighted by atomic mass is 10.00. The number of hydrogen-bond acceptors (Lipinski definition) is 4. The topological polar surface area (TPSA) is 96.9 Å². The number of nitrogens with one attached hydrogen (secondary N) is 2. The van der Waals surface area contributed by atoms with Gasteiger partial charge in [-0.15, -0.1) is 0 Å². The zero-order valence-corrected chi connectivity index (χ0v) is 12.1. The molecular weight excluding hydrogens is 264 g/mol. The highest BCUT2D eigenvalue weighted by Gasteiger charge is 2.26. The lowest BCUT2D eigenvalue weighted by Gasteiger charge is -2.18. The Morgan fingerprint density at radius 2 is 2.20 bits per heavy atom. The zero-order valence-electron chi connectivity index (χ0n) is 12.1. The van der Waals surface area contributed by atoms with Gasteiger partial charge in [-0.3, -0.25) is 4.79 Å². The van der Waals surface area contributed by atoms with Crippen molar-refractivity contribution in [3.05, 3.63) is 0 Å². The van der Waals surface area contributed by atoms with Crippen LogP contribution in [0.1, 0.15) is 26.2 Å². The Morgan fingerprint density at radius 1 is 1.45 bits per heavy atom. The van der Waals surface area contributed by atoms with E-state index in [-0.39, 0.29) is 25.1 Å². The number of aliphatic carboxylic acids is 1. The van der Waals surface area contributed by atoms with Crippen molar-refractivity contribution in [2.75, 3.05) is 26.8 Å². The van der Waals surface area contributed by atoms with Crippen LogP contribution < -0.4 is 10.6 Å². The monoisotopic (exact) mass is 288 g/mol. The summed E-state index contributed by atoms with van der Waals surface area (Å²) in [4.78, 5) is 22.2. The van der Waals surface area contributed by atoms with E-state index < -0.39 is 12.1 Å². The molecule has 0 aromatic rings. The summed E-state index contributed by atoms with van der Waals surface area (Å²) in [7, 11) is 1.43. The molecule has 3 atom stereocenters. The number of amides is 2. The van der Waals surface area contributed by atoms with Gasteiger partial charge in [-0.05, 0) is 12.8 Å². The van der Waals surface area contributed by atoms with E-state index in [1.54, 1.807) is 0 Å². The number of urea groups is 1. The summed E-state index contributed by atoms with van der Waals surface area (Å²) in [6.45, 7) is 3.56. The van der Waals surface area contributed by atoms with E-state index in [1.807, 2.05) is 0 Å². The molecule has 116 valence electrons. The number of carboxylic acids is 1. The Hall–Kier alpha value is -1.34. The van der Waals surface area contributed by atoms with Crippen molar-refractivity contribution in [3.63, 3.8) is 0 Å². The maximum atomic E-state index is 11.6. The van der Waals surface area contributed by atoms with E-state index in [0.29, 0.717) is 12.5 Å². The van der Waals surface area contributed by atoms with Crippen molar-refractivity contribution in [1.82, 2.24) is 10.6 Å². The predicted molar refractivity (Wildman–Crippen MR) is 72.6 cm³/mol. The fourth-order valence-electron chi connectivity index (χ4n) is 2.30. The molecule has 1 heterocycles. The largest absolute Gasteiger partial charge is 0.481 e. The number of rotatable bonds is 8. The maximum Gasteiger partial charge on any atom is 0.314 e. The molecule has 7 nitrogen and oxygen atoms in total. The highest BCUT2D eigenvalue weighted by atomic mass is 16.5. The van der Waals surface area contributed by atoms with E-state index in [1.165, 1.54) is 7.11 Å². The molecule has 1 aliphatic rings. The molecule has 1 aliphatic heterocycles. The standard InChI is InChI=1S/C13H24N2O5/c1-3-11-9(4-5-20-11)7-14-13(18)15-8-10(19-2)6-12(16)17/h9-11H,3-8H2,1-2H3,(H,16,17)(H2,14,15,18). The van der Waals surface area contributed by atoms with Gasteiger partial charge < -0.3 is 25.2 Å². The van der Waals surface area contributed by atoms with Gasteiger partial charge >= 0.3 is 12.0 Å². The Bertz CT molecular complexity index is 324. The smallest absolute Gasteiger partial charge is 0.314 e. The van der Waals surface area contributed by atoms with Crippen LogP contribution in [0.5, 0.6) is 0 Å². The van der Waals surface area contributed by atoms with E-state index in [2.05, 4.69) is 17.6 Å². The first-order valence-corrected chi connectivity index (χ1v) is 6.94. The van der Waals surface area contributed by atoms with E-state index >= 15 is 0 Å². The lowest BCUT2D eigenvalue weighted by Crippen LogP contribution is -2.43. The molecule has 3 N–H and O–H groups in total. The van der Waals surface area contributed by atoms with Gasteiger partial charge in [-0.2, -0.15) is 0 Å². The fourth-order valence-corrected chi connectivity index (χ4v) is 2.30. The Labute approximate surface area is 119 Å². The Morgan fingerprint density at radius 3 is 2.80 bits per heavy atom. The molecule has 2 amide bonds. The number of methoxy groups -OCH3 is 1. The van der Waals surface area contributed by atoms with Crippen LogP contribution >= 0.6 is 0 Å². The van der Waals surface area contributed by atoms with Gasteiger partial charge in [0.05, 0.1) is 18.6 Å². The van der Waals surface area contributed by atoms with Gasteiger partial charge in [0.15, 0.2) is 0 Å². The summed E-state index contributed by atoms with van der Waals surface area (Å²) in [5.41, 5.74) is 0. The van der Waals surface area contributed by atoms with Crippen LogP contribution in [0.2, 0.25) is 0 Å². The van der Waals surface area contributed by atoms with Crippen molar-refractivity contribution in [3.8, 4) is 0 Å². The quantitative estimate of drug-likeness (QED) is 0.607. The molecule has 0 bridgehead atoms. The second-order valence-corrected chi connectivity index (χ2v) is 4.91. The minimum Gasteiger partial charge on any atom is -0.481 e. The number of carbonyl (C=O) groups excluding carboxylic acids is 1. The van der Waals surface area contributed by atoms with Crippen molar-refractivity contribution < 1.29 is 24.2 Å². The Balaban J connectivity index is 2.21. The van der Waals surface area contributed by atoms with Crippen LogP contribution in [0.15, 0.2) is 0 Å². The highest BCUT2D eigenvalue weighted by Crippen LogP contribution is 2.22. The van der Waals surface area contributed by atoms with E-state index in [4.69, 9.17) is 14.6 Å². The van der Waals surface area contributed by atoms with Gasteiger partial charge in [-0.25, -0.2) is 4.79 Å². The van der Waals surface area contributed by atoms with Crippen LogP contribution in [0, 0.1) is 5.92 Å². The molecule has 1 saturated heterocycles. The number of carboxylic acid groups (broad SMARTS) is 1. The van der Waals surface area contributed by atoms with Crippen molar-refractivity contribution >= 4 is 12.0 Å². The number of hydrogen-bond donors (Lipinski definition) is 3. The van der Waals surface area contributed by atoms with E-state index in [0.717, 1.165) is 19.4 Å². The van der Waals surface area contributed by atoms with Crippen LogP contribution in [0.25, 0.3) is 0 Å². The van der Waals surface area contributed by atoms with Crippen molar-refractivity contribution in [1.29, 1.82) is 0 Å². The van der Waals surface area contributed by atoms with Crippen LogP contribution in [-0.4, -0.2) is 56.1 Å². The van der Waals surface area contributed by atoms with Crippen molar-refractivity contribution in [2.45, 2.75) is 38.4 Å². The average Bonchev–Trinajstić information content (AvgIpc) is 2.88. The summed E-state index contributed by atoms with van der Waals surface area (Å²) in [6.07, 6.45) is 1.47. The summed E-state index contributed by atoms with van der Waals surface area (Å²) < 4.78 is 10.5. The lowest BCUT2D eigenvalue weighted by molar-refractivity contribution is -0.139. The molecule has 3 unspecified atom stereocenters. The molecule has 0 aromatic carbocycles. The summed E-state index contributed by atoms with van der Waals surface area (Å²) >= 11 is 0. The molecule has 1 rings (SSSR count). The van der Waals surface area contributed by atoms with Gasteiger partial charge in [0.1, 0.15) is 0 Å². The first kappa shape index (κ1) is 16.7. The van der Waals surface area contributed by atoms with Gasteiger partial charge in [0, 0.05) is 32.7 Å². The molecule has 7 heteroatoms. The first-order valence-electron chi connectivity index (χ1n) is 6.94. The average molecular weight is 288 g/mol. The normalized spacial score (nSPS) is 23.3. The van der Waals surface area contributed by atoms with Crippen LogP contribution in [0.4, 0.5) is 4.79 Å². The summed E-state index contributed by atoms with van der Waals surface area (Å²) in [5, 5.41) is 14.1. The molecule has 1 fully saturated rings. The second-order valence-electron chi connectivity index (χ2n) is 4.91. The fraction of sp³-hybridized carbons (Fsp3) is 0.846. The molecule has 0 saturated carbocycles. The minimum atomic E-state index is -0.951. The van der Waals surface area contributed by atoms with Crippen molar-refractivity contribution in [2.24, 2.45) is 5.92 Å². The minimum absolute atomic E-state index is 0.134. The Kier molecular flexibility index (Phi) is 7.32. The number of ether oxygens (including phenoxy) is 2. The highest BCUT2D eigenvalue weighted by molar-refractivity contribution is 5.74. The summed E-state index contributed by atoms with van der Waals surface area (Å²) in [5.74, 6) is -0.601. The first-order chi connectivity index (χ1) is 9.56. The van der Waals surface area contributed by atoms with Gasteiger partial charge in [0.25, 0.3) is 0 Å². The van der Waals surface area contributed by atoms with E-state index in [9.17, 15) is 9.59 Å². The third-order valence-electron chi connectivity index (χ3n) is 3.50. The summed E-state index contributed by atoms with van der Waals surface area (Å²) in [6, 6.07) is -0.306. The van der Waals surface area contributed by atoms with Crippen LogP contribution in [-0.2, 0) is 14.3 Å². The van der Waals surface area contributed by atoms with Gasteiger partial charge in [0.2, 0.25) is 0 Å². The molecule has 0 aromatic heterocycles. The molecule has 20 heavy (non-hydrogen) atoms. The molecule has 0 aliphatic carbocycles. The SMILES string of the molecule is CCC1OCCC1CNC(=O)NCC(CC(=O)O)OC. The molecule has 0 spiro atoms. The second kappa shape index (κ2) is 8.76. The van der Waals surface area contributed by atoms with Crippen LogP contribution in [0.3, 0.4) is 0 Å². The zero-order chi connectivity index (χ0) is 15.0. The third-order valence-corrected chi connectivity index (χ3v) is 3.50.